The maximum Gasteiger partial charge on any atom is 0.228 e. The van der Waals surface area contributed by atoms with E-state index in [1.807, 2.05) is 25.9 Å². The number of hydrogen-bond donors (Lipinski definition) is 0. The molecule has 178 valence electrons. The summed E-state index contributed by atoms with van der Waals surface area (Å²) in [6, 6.07) is 8.55. The van der Waals surface area contributed by atoms with Gasteiger partial charge in [-0.15, -0.1) is 0 Å². The largest absolute Gasteiger partial charge is 0.309 e. The fourth-order valence-corrected chi connectivity index (χ4v) is 5.70. The van der Waals surface area contributed by atoms with E-state index in [4.69, 9.17) is 0 Å². The average molecular weight is 496 g/mol. The van der Waals surface area contributed by atoms with Crippen molar-refractivity contribution in [3.63, 3.8) is 0 Å². The Hall–Kier alpha value is -2.43. The lowest BCUT2D eigenvalue weighted by atomic mass is 10.2. The number of benzene rings is 2. The van der Waals surface area contributed by atoms with Crippen LogP contribution >= 0.6 is 11.3 Å². The van der Waals surface area contributed by atoms with Gasteiger partial charge in [-0.3, -0.25) is 9.69 Å². The number of fused-ring (bicyclic) bond motifs is 1. The third kappa shape index (κ3) is 6.55. The van der Waals surface area contributed by atoms with Gasteiger partial charge in [0.15, 0.2) is 20.8 Å². The number of amides is 1. The first-order valence-electron chi connectivity index (χ1n) is 10.6. The lowest BCUT2D eigenvalue weighted by molar-refractivity contribution is -0.118. The Morgan fingerprint density at radius 3 is 2.42 bits per heavy atom. The highest BCUT2D eigenvalue weighted by atomic mass is 32.2. The monoisotopic (exact) mass is 495 g/mol. The Morgan fingerprint density at radius 2 is 1.76 bits per heavy atom. The standard InChI is InChI=1S/C23H27F2N3O3S2/c1-16-7-9-18(10-8-16)33(30,31)13-4-6-21(29)28(12-5-11-27(2)3)23-26-22-19(25)14-17(24)15-20(22)32-23/h7-10,14-15H,4-6,11-13H2,1-3H3. The van der Waals surface area contributed by atoms with Crippen LogP contribution in [0.1, 0.15) is 24.8 Å². The zero-order chi connectivity index (χ0) is 24.2. The molecule has 0 saturated carbocycles. The second kappa shape index (κ2) is 10.7. The van der Waals surface area contributed by atoms with Crippen LogP contribution in [0.3, 0.4) is 0 Å². The van der Waals surface area contributed by atoms with E-state index in [-0.39, 0.29) is 40.0 Å². The maximum absolute atomic E-state index is 14.1. The number of anilines is 1. The Kier molecular flexibility index (Phi) is 8.14. The summed E-state index contributed by atoms with van der Waals surface area (Å²) in [6.45, 7) is 2.94. The van der Waals surface area contributed by atoms with Crippen LogP contribution in [0.4, 0.5) is 13.9 Å². The summed E-state index contributed by atoms with van der Waals surface area (Å²) < 4.78 is 53.2. The summed E-state index contributed by atoms with van der Waals surface area (Å²) in [6.07, 6.45) is 0.792. The zero-order valence-electron chi connectivity index (χ0n) is 18.8. The summed E-state index contributed by atoms with van der Waals surface area (Å²) in [5.74, 6) is -1.94. The first kappa shape index (κ1) is 25.2. The fourth-order valence-electron chi connectivity index (χ4n) is 3.34. The molecule has 3 rings (SSSR count). The molecule has 0 fully saturated rings. The smallest absolute Gasteiger partial charge is 0.228 e. The Labute approximate surface area is 196 Å². The van der Waals surface area contributed by atoms with E-state index >= 15 is 0 Å². The van der Waals surface area contributed by atoms with Gasteiger partial charge in [0, 0.05) is 19.0 Å². The fraction of sp³-hybridized carbons (Fsp3) is 0.391. The van der Waals surface area contributed by atoms with Crippen LogP contribution in [0.2, 0.25) is 0 Å². The molecular weight excluding hydrogens is 468 g/mol. The molecule has 1 amide bonds. The maximum atomic E-state index is 14.1. The van der Waals surface area contributed by atoms with Gasteiger partial charge >= 0.3 is 0 Å². The van der Waals surface area contributed by atoms with E-state index in [2.05, 4.69) is 4.98 Å². The number of sulfone groups is 1. The van der Waals surface area contributed by atoms with Crippen LogP contribution in [-0.4, -0.2) is 57.1 Å². The van der Waals surface area contributed by atoms with E-state index in [1.54, 1.807) is 24.3 Å². The van der Waals surface area contributed by atoms with Crippen molar-refractivity contribution in [3.05, 3.63) is 53.6 Å². The summed E-state index contributed by atoms with van der Waals surface area (Å²) in [5, 5.41) is 0.277. The van der Waals surface area contributed by atoms with Crippen LogP contribution in [0.15, 0.2) is 41.3 Å². The minimum Gasteiger partial charge on any atom is -0.309 e. The van der Waals surface area contributed by atoms with Gasteiger partial charge < -0.3 is 4.90 Å². The molecule has 0 aliphatic heterocycles. The van der Waals surface area contributed by atoms with E-state index in [1.165, 1.54) is 11.0 Å². The van der Waals surface area contributed by atoms with Crippen LogP contribution < -0.4 is 4.90 Å². The van der Waals surface area contributed by atoms with Gasteiger partial charge in [-0.05, 0) is 58.6 Å². The molecule has 0 N–H and O–H groups in total. The van der Waals surface area contributed by atoms with Gasteiger partial charge in [0.1, 0.15) is 11.3 Å². The van der Waals surface area contributed by atoms with Crippen molar-refractivity contribution in [3.8, 4) is 0 Å². The van der Waals surface area contributed by atoms with E-state index in [0.29, 0.717) is 17.7 Å². The normalized spacial score (nSPS) is 11.9. The number of thiazole rings is 1. The summed E-state index contributed by atoms with van der Waals surface area (Å²) >= 11 is 1.04. The molecule has 6 nitrogen and oxygen atoms in total. The molecule has 10 heteroatoms. The Bertz CT molecular complexity index is 1230. The Balaban J connectivity index is 1.74. The summed E-state index contributed by atoms with van der Waals surface area (Å²) in [4.78, 5) is 20.9. The quantitative estimate of drug-likeness (QED) is 0.416. The van der Waals surface area contributed by atoms with Gasteiger partial charge in [-0.1, -0.05) is 29.0 Å². The van der Waals surface area contributed by atoms with Gasteiger partial charge in [0.2, 0.25) is 5.91 Å². The number of rotatable bonds is 10. The first-order valence-corrected chi connectivity index (χ1v) is 13.0. The number of aromatic nitrogens is 1. The zero-order valence-corrected chi connectivity index (χ0v) is 20.5. The SMILES string of the molecule is Cc1ccc(S(=O)(=O)CCCC(=O)N(CCCN(C)C)c2nc3c(F)cc(F)cc3s2)cc1. The lowest BCUT2D eigenvalue weighted by Crippen LogP contribution is -2.33. The molecule has 0 bridgehead atoms. The molecule has 1 heterocycles. The van der Waals surface area contributed by atoms with E-state index in [0.717, 1.165) is 29.5 Å². The molecule has 0 aliphatic rings. The summed E-state index contributed by atoms with van der Waals surface area (Å²) in [5.41, 5.74) is 0.980. The van der Waals surface area contributed by atoms with Crippen LogP contribution in [0, 0.1) is 18.6 Å². The third-order valence-corrected chi connectivity index (χ3v) is 7.95. The topological polar surface area (TPSA) is 70.6 Å². The number of carbonyl (C=O) groups is 1. The average Bonchev–Trinajstić information content (AvgIpc) is 3.15. The van der Waals surface area contributed by atoms with Crippen LogP contribution in [0.25, 0.3) is 10.2 Å². The van der Waals surface area contributed by atoms with Crippen molar-refractivity contribution in [1.82, 2.24) is 9.88 Å². The minimum atomic E-state index is -3.50. The highest BCUT2D eigenvalue weighted by molar-refractivity contribution is 7.91. The molecule has 0 aliphatic carbocycles. The predicted octanol–water partition coefficient (Wildman–Crippen LogP) is 4.42. The van der Waals surface area contributed by atoms with Gasteiger partial charge in [0.05, 0.1) is 15.3 Å². The second-order valence-electron chi connectivity index (χ2n) is 8.17. The van der Waals surface area contributed by atoms with Crippen molar-refractivity contribution in [2.75, 3.05) is 37.8 Å². The molecule has 0 atom stereocenters. The molecule has 33 heavy (non-hydrogen) atoms. The molecule has 0 radical (unpaired) electrons. The highest BCUT2D eigenvalue weighted by Crippen LogP contribution is 2.31. The molecule has 0 saturated heterocycles. The summed E-state index contributed by atoms with van der Waals surface area (Å²) in [7, 11) is 0.325. The van der Waals surface area contributed by atoms with Crippen LogP contribution in [0.5, 0.6) is 0 Å². The molecule has 0 unspecified atom stereocenters. The minimum absolute atomic E-state index is 0.000174. The number of aryl methyl sites for hydroxylation is 1. The number of carbonyl (C=O) groups excluding carboxylic acids is 1. The van der Waals surface area contributed by atoms with Crippen molar-refractivity contribution in [1.29, 1.82) is 0 Å². The van der Waals surface area contributed by atoms with Gasteiger partial charge in [0.25, 0.3) is 0 Å². The predicted molar refractivity (Wildman–Crippen MR) is 128 cm³/mol. The van der Waals surface area contributed by atoms with Crippen molar-refractivity contribution >= 4 is 42.4 Å². The molecular formula is C23H27F2N3O3S2. The Morgan fingerprint density at radius 1 is 1.06 bits per heavy atom. The van der Waals surface area contributed by atoms with Gasteiger partial charge in [-0.2, -0.15) is 0 Å². The van der Waals surface area contributed by atoms with Gasteiger partial charge in [-0.25, -0.2) is 22.2 Å². The molecule has 0 spiro atoms. The van der Waals surface area contributed by atoms with Crippen molar-refractivity contribution in [2.24, 2.45) is 0 Å². The van der Waals surface area contributed by atoms with E-state index < -0.39 is 21.5 Å². The van der Waals surface area contributed by atoms with E-state index in [9.17, 15) is 22.0 Å². The number of hydrogen-bond acceptors (Lipinski definition) is 6. The highest BCUT2D eigenvalue weighted by Gasteiger charge is 2.22. The lowest BCUT2D eigenvalue weighted by Gasteiger charge is -2.21. The number of nitrogens with zero attached hydrogens (tertiary/aromatic N) is 3. The van der Waals surface area contributed by atoms with Crippen molar-refractivity contribution in [2.45, 2.75) is 31.1 Å². The first-order chi connectivity index (χ1) is 15.6. The number of halogens is 2. The third-order valence-electron chi connectivity index (χ3n) is 5.10. The second-order valence-corrected chi connectivity index (χ2v) is 11.3. The van der Waals surface area contributed by atoms with Crippen LogP contribution in [-0.2, 0) is 14.6 Å². The molecule has 3 aromatic rings. The molecule has 2 aromatic carbocycles. The van der Waals surface area contributed by atoms with Crippen molar-refractivity contribution < 1.29 is 22.0 Å². The molecule has 1 aromatic heterocycles.